The maximum Gasteiger partial charge on any atom is 0.306 e. The molecule has 0 aliphatic heterocycles. The Hall–Kier alpha value is -0.850. The highest BCUT2D eigenvalue weighted by Crippen LogP contribution is 2.33. The molecule has 43 heavy (non-hydrogen) atoms. The molecular weight excluding hydrogens is 556 g/mol. The molecule has 0 aromatic heterocycles. The number of ether oxygens (including phenoxy) is 2. The van der Waals surface area contributed by atoms with E-state index in [0.717, 1.165) is 25.7 Å². The highest BCUT2D eigenvalue weighted by molar-refractivity contribution is 5.69. The number of aliphatic hydroxyl groups is 5. The molecule has 5 atom stereocenters. The number of methoxy groups -OCH3 is 1. The Morgan fingerprint density at radius 1 is 0.698 bits per heavy atom. The number of carbonyl (C=O) groups is 1. The van der Waals surface area contributed by atoms with Gasteiger partial charge in [-0.1, -0.05) is 78.1 Å². The van der Waals surface area contributed by atoms with E-state index in [1.807, 2.05) is 0 Å². The zero-order chi connectivity index (χ0) is 32.8. The molecule has 0 spiro atoms. The molecule has 0 bridgehead atoms. The van der Waals surface area contributed by atoms with E-state index in [2.05, 4.69) is 13.8 Å². The van der Waals surface area contributed by atoms with Gasteiger partial charge in [-0.05, 0) is 51.9 Å². The Kier molecular flexibility index (Phi) is 23.0. The zero-order valence-corrected chi connectivity index (χ0v) is 28.2. The first-order valence-electron chi connectivity index (χ1n) is 16.7. The first-order chi connectivity index (χ1) is 20.2. The highest BCUT2D eigenvalue weighted by Gasteiger charge is 2.38. The van der Waals surface area contributed by atoms with Gasteiger partial charge in [0.05, 0.1) is 13.2 Å². The van der Waals surface area contributed by atoms with Crippen LogP contribution in [0.4, 0.5) is 0 Å². The summed E-state index contributed by atoms with van der Waals surface area (Å²) in [7, 11) is 1.51. The minimum Gasteiger partial charge on any atom is -0.465 e. The molecular formula is C33H66O10. The minimum absolute atomic E-state index is 0.0157. The van der Waals surface area contributed by atoms with Crippen molar-refractivity contribution >= 4 is 5.97 Å². The highest BCUT2D eigenvalue weighted by atomic mass is 17.2. The lowest BCUT2D eigenvalue weighted by atomic mass is 9.82. The van der Waals surface area contributed by atoms with Gasteiger partial charge in [-0.3, -0.25) is 4.79 Å². The van der Waals surface area contributed by atoms with Crippen molar-refractivity contribution in [1.29, 1.82) is 0 Å². The monoisotopic (exact) mass is 622 g/mol. The van der Waals surface area contributed by atoms with Gasteiger partial charge in [-0.25, -0.2) is 0 Å². The fourth-order valence-electron chi connectivity index (χ4n) is 5.50. The van der Waals surface area contributed by atoms with Gasteiger partial charge in [0.2, 0.25) is 0 Å². The second-order valence-corrected chi connectivity index (χ2v) is 13.1. The second kappa shape index (κ2) is 23.5. The number of aliphatic hydroxyl groups excluding tert-OH is 1. The van der Waals surface area contributed by atoms with Crippen LogP contribution < -0.4 is 0 Å². The Balaban J connectivity index is 5.33. The summed E-state index contributed by atoms with van der Waals surface area (Å²) in [5, 5.41) is 50.7. The third-order valence-electron chi connectivity index (χ3n) is 7.88. The van der Waals surface area contributed by atoms with Crippen molar-refractivity contribution in [2.75, 3.05) is 26.9 Å². The molecule has 0 saturated heterocycles. The van der Waals surface area contributed by atoms with Crippen molar-refractivity contribution in [2.24, 2.45) is 17.8 Å². The Bertz CT molecular complexity index is 677. The first kappa shape index (κ1) is 42.1. The molecule has 5 N–H and O–H groups in total. The summed E-state index contributed by atoms with van der Waals surface area (Å²) in [6.45, 7) is 8.33. The van der Waals surface area contributed by atoms with E-state index in [9.17, 15) is 25.2 Å². The normalized spacial score (nSPS) is 17.2. The molecule has 10 heteroatoms. The molecule has 0 heterocycles. The van der Waals surface area contributed by atoms with Crippen molar-refractivity contribution in [1.82, 2.24) is 0 Å². The van der Waals surface area contributed by atoms with Gasteiger partial charge >= 0.3 is 5.97 Å². The van der Waals surface area contributed by atoms with Crippen LogP contribution in [0.2, 0.25) is 0 Å². The van der Waals surface area contributed by atoms with Crippen molar-refractivity contribution in [3.8, 4) is 0 Å². The fraction of sp³-hybridized carbons (Fsp3) is 0.970. The van der Waals surface area contributed by atoms with E-state index in [1.165, 1.54) is 79.2 Å². The van der Waals surface area contributed by atoms with Crippen molar-refractivity contribution < 1.29 is 49.6 Å². The maximum atomic E-state index is 13.0. The lowest BCUT2D eigenvalue weighted by molar-refractivity contribution is -0.490. The SMILES string of the molecule is CCCCCCCCC(CCCCCC)CC(=O)OCC(COC)C(CC(C)(O)O)CC(C)(O)OOC(C)(O)CCCO. The van der Waals surface area contributed by atoms with E-state index < -0.39 is 29.2 Å². The van der Waals surface area contributed by atoms with Gasteiger partial charge in [0, 0.05) is 45.3 Å². The lowest BCUT2D eigenvalue weighted by Gasteiger charge is -2.35. The van der Waals surface area contributed by atoms with E-state index in [-0.39, 0.29) is 57.4 Å². The minimum atomic E-state index is -2.06. The third kappa shape index (κ3) is 24.1. The van der Waals surface area contributed by atoms with Gasteiger partial charge in [-0.15, -0.1) is 0 Å². The van der Waals surface area contributed by atoms with Gasteiger partial charge < -0.3 is 35.0 Å². The average molecular weight is 623 g/mol. The number of hydrogen-bond donors (Lipinski definition) is 5. The molecule has 0 saturated carbocycles. The molecule has 0 fully saturated rings. The fourth-order valence-corrected chi connectivity index (χ4v) is 5.50. The number of carbonyl (C=O) groups excluding carboxylic acids is 1. The van der Waals surface area contributed by atoms with Crippen molar-refractivity contribution in [3.63, 3.8) is 0 Å². The van der Waals surface area contributed by atoms with Gasteiger partial charge in [0.15, 0.2) is 17.4 Å². The number of hydrogen-bond acceptors (Lipinski definition) is 10. The molecule has 0 aromatic rings. The molecule has 0 aromatic carbocycles. The van der Waals surface area contributed by atoms with E-state index >= 15 is 0 Å². The van der Waals surface area contributed by atoms with E-state index in [0.29, 0.717) is 6.42 Å². The Morgan fingerprint density at radius 3 is 1.77 bits per heavy atom. The summed E-state index contributed by atoms with van der Waals surface area (Å²) < 4.78 is 11.1. The summed E-state index contributed by atoms with van der Waals surface area (Å²) in [5.41, 5.74) is 0. The number of rotatable bonds is 29. The average Bonchev–Trinajstić information content (AvgIpc) is 2.91. The Morgan fingerprint density at radius 2 is 1.23 bits per heavy atom. The predicted octanol–water partition coefficient (Wildman–Crippen LogP) is 5.75. The van der Waals surface area contributed by atoms with Gasteiger partial charge in [0.1, 0.15) is 0 Å². The zero-order valence-electron chi connectivity index (χ0n) is 28.2. The summed E-state index contributed by atoms with van der Waals surface area (Å²) in [5.74, 6) is -6.82. The molecule has 0 radical (unpaired) electrons. The Labute approximate surface area is 261 Å². The predicted molar refractivity (Wildman–Crippen MR) is 166 cm³/mol. The molecule has 10 nitrogen and oxygen atoms in total. The summed E-state index contributed by atoms with van der Waals surface area (Å²) in [6.07, 6.45) is 14.3. The van der Waals surface area contributed by atoms with E-state index in [4.69, 9.17) is 24.4 Å². The van der Waals surface area contributed by atoms with Crippen LogP contribution in [0.1, 0.15) is 144 Å². The molecule has 5 unspecified atom stereocenters. The second-order valence-electron chi connectivity index (χ2n) is 13.1. The largest absolute Gasteiger partial charge is 0.465 e. The summed E-state index contributed by atoms with van der Waals surface area (Å²) >= 11 is 0. The third-order valence-corrected chi connectivity index (χ3v) is 7.88. The van der Waals surface area contributed by atoms with Crippen LogP contribution in [0.5, 0.6) is 0 Å². The standard InChI is InChI=1S/C33H66O10/c1-7-9-11-13-14-16-19-27(18-15-12-10-8-2)22-30(35)41-26-29(25-40-6)28(23-31(3,36)37)24-33(5,39)43-42-32(4,38)20-17-21-34/h27-29,34,36-39H,7-26H2,1-6H3. The number of unbranched alkanes of at least 4 members (excludes halogenated alkanes) is 8. The van der Waals surface area contributed by atoms with E-state index in [1.54, 1.807) is 0 Å². The quantitative estimate of drug-likeness (QED) is 0.0229. The molecule has 0 rings (SSSR count). The topological polar surface area (TPSA) is 155 Å². The van der Waals surface area contributed by atoms with Crippen molar-refractivity contribution in [3.05, 3.63) is 0 Å². The van der Waals surface area contributed by atoms with Gasteiger partial charge in [0.25, 0.3) is 0 Å². The first-order valence-corrected chi connectivity index (χ1v) is 16.7. The van der Waals surface area contributed by atoms with Crippen LogP contribution in [0.3, 0.4) is 0 Å². The number of esters is 1. The maximum absolute atomic E-state index is 13.0. The van der Waals surface area contributed by atoms with Crippen LogP contribution in [-0.2, 0) is 24.0 Å². The van der Waals surface area contributed by atoms with Crippen LogP contribution in [0.15, 0.2) is 0 Å². The molecule has 0 aliphatic carbocycles. The van der Waals surface area contributed by atoms with Crippen LogP contribution in [0.25, 0.3) is 0 Å². The molecule has 0 amide bonds. The molecule has 258 valence electrons. The van der Waals surface area contributed by atoms with Gasteiger partial charge in [-0.2, -0.15) is 9.78 Å². The lowest BCUT2D eigenvalue weighted by Crippen LogP contribution is -2.42. The smallest absolute Gasteiger partial charge is 0.306 e. The van der Waals surface area contributed by atoms with Crippen LogP contribution in [-0.4, -0.2) is 75.8 Å². The molecule has 0 aliphatic rings. The van der Waals surface area contributed by atoms with Crippen LogP contribution >= 0.6 is 0 Å². The van der Waals surface area contributed by atoms with Crippen LogP contribution in [0, 0.1) is 17.8 Å². The van der Waals surface area contributed by atoms with Crippen molar-refractivity contribution in [2.45, 2.75) is 161 Å². The summed E-state index contributed by atoms with van der Waals surface area (Å²) in [4.78, 5) is 23.3. The summed E-state index contributed by atoms with van der Waals surface area (Å²) in [6, 6.07) is 0.